The number of halogens is 1. The van der Waals surface area contributed by atoms with E-state index in [4.69, 9.17) is 16.3 Å². The topological polar surface area (TPSA) is 71.5 Å². The van der Waals surface area contributed by atoms with Crippen molar-refractivity contribution >= 4 is 17.5 Å². The molecule has 0 saturated carbocycles. The van der Waals surface area contributed by atoms with Gasteiger partial charge in [0.05, 0.1) is 6.61 Å². The van der Waals surface area contributed by atoms with Gasteiger partial charge in [-0.2, -0.15) is 0 Å². The van der Waals surface area contributed by atoms with Crippen molar-refractivity contribution in [3.63, 3.8) is 0 Å². The lowest BCUT2D eigenvalue weighted by molar-refractivity contribution is 0.0264. The van der Waals surface area contributed by atoms with Crippen LogP contribution in [0.4, 0.5) is 0 Å². The van der Waals surface area contributed by atoms with Crippen molar-refractivity contribution in [1.82, 2.24) is 10.3 Å². The number of nitrogens with one attached hydrogen (secondary N) is 1. The molecule has 104 valence electrons. The second-order valence-corrected chi connectivity index (χ2v) is 5.12. The first-order chi connectivity index (χ1) is 9.02. The van der Waals surface area contributed by atoms with Crippen molar-refractivity contribution in [3.8, 4) is 0 Å². The minimum Gasteiger partial charge on any atom is -0.386 e. The van der Waals surface area contributed by atoms with Gasteiger partial charge < -0.3 is 15.2 Å². The summed E-state index contributed by atoms with van der Waals surface area (Å²) >= 11 is 5.87. The molecule has 1 saturated heterocycles. The summed E-state index contributed by atoms with van der Waals surface area (Å²) in [6.45, 7) is 2.89. The van der Waals surface area contributed by atoms with Crippen molar-refractivity contribution < 1.29 is 14.6 Å². The number of nitrogens with zero attached hydrogens (tertiary/aromatic N) is 1. The molecule has 1 aromatic rings. The first-order valence-electron chi connectivity index (χ1n) is 6.27. The summed E-state index contributed by atoms with van der Waals surface area (Å²) in [7, 11) is 0. The molecule has 1 amide bonds. The van der Waals surface area contributed by atoms with E-state index in [2.05, 4.69) is 10.3 Å². The Kier molecular flexibility index (Phi) is 4.39. The van der Waals surface area contributed by atoms with Gasteiger partial charge >= 0.3 is 0 Å². The van der Waals surface area contributed by atoms with E-state index < -0.39 is 5.60 Å². The highest BCUT2D eigenvalue weighted by Gasteiger charge is 2.32. The minimum atomic E-state index is -0.958. The van der Waals surface area contributed by atoms with Crippen LogP contribution in [0, 0.1) is 0 Å². The molecule has 0 bridgehead atoms. The second-order valence-electron chi connectivity index (χ2n) is 4.73. The molecule has 1 fully saturated rings. The Morgan fingerprint density at radius 3 is 3.05 bits per heavy atom. The maximum absolute atomic E-state index is 12.0. The van der Waals surface area contributed by atoms with Crippen LogP contribution in [0.5, 0.6) is 0 Å². The molecule has 0 aliphatic carbocycles. The van der Waals surface area contributed by atoms with Crippen LogP contribution in [-0.4, -0.2) is 41.4 Å². The standard InChI is InChI=1S/C13H17ClN2O3/c1-2-10-5-9(6-11(14)16-10)12(17)15-7-13(18)3-4-19-8-13/h5-6,18H,2-4,7-8H2,1H3,(H,15,17). The molecule has 1 aliphatic heterocycles. The number of aryl methyl sites for hydroxylation is 1. The Bertz CT molecular complexity index is 473. The maximum Gasteiger partial charge on any atom is 0.251 e. The molecule has 0 spiro atoms. The Morgan fingerprint density at radius 1 is 1.63 bits per heavy atom. The van der Waals surface area contributed by atoms with E-state index >= 15 is 0 Å². The molecule has 2 rings (SSSR count). The van der Waals surface area contributed by atoms with Crippen LogP contribution >= 0.6 is 11.6 Å². The molecule has 6 heteroatoms. The monoisotopic (exact) mass is 284 g/mol. The van der Waals surface area contributed by atoms with Gasteiger partial charge in [-0.1, -0.05) is 18.5 Å². The molecule has 0 aromatic carbocycles. The zero-order valence-electron chi connectivity index (χ0n) is 10.8. The molecule has 5 nitrogen and oxygen atoms in total. The average Bonchev–Trinajstić information content (AvgIpc) is 2.82. The van der Waals surface area contributed by atoms with Gasteiger partial charge in [0.2, 0.25) is 0 Å². The molecule has 1 unspecified atom stereocenters. The Morgan fingerprint density at radius 2 is 2.42 bits per heavy atom. The molecule has 19 heavy (non-hydrogen) atoms. The van der Waals surface area contributed by atoms with Crippen LogP contribution in [0.1, 0.15) is 29.4 Å². The van der Waals surface area contributed by atoms with Gasteiger partial charge in [0.15, 0.2) is 0 Å². The van der Waals surface area contributed by atoms with Crippen molar-refractivity contribution in [3.05, 3.63) is 28.5 Å². The van der Waals surface area contributed by atoms with Crippen LogP contribution in [0.3, 0.4) is 0 Å². The number of hydrogen-bond donors (Lipinski definition) is 2. The van der Waals surface area contributed by atoms with E-state index in [1.54, 1.807) is 6.07 Å². The van der Waals surface area contributed by atoms with E-state index in [0.29, 0.717) is 30.2 Å². The number of pyridine rings is 1. The average molecular weight is 285 g/mol. The van der Waals surface area contributed by atoms with Gasteiger partial charge in [-0.15, -0.1) is 0 Å². The maximum atomic E-state index is 12.0. The first-order valence-corrected chi connectivity index (χ1v) is 6.65. The zero-order chi connectivity index (χ0) is 13.9. The van der Waals surface area contributed by atoms with E-state index in [9.17, 15) is 9.90 Å². The number of ether oxygens (including phenoxy) is 1. The summed E-state index contributed by atoms with van der Waals surface area (Å²) in [5.41, 5.74) is 0.264. The third-order valence-corrected chi connectivity index (χ3v) is 3.33. The molecule has 2 N–H and O–H groups in total. The predicted octanol–water partition coefficient (Wildman–Crippen LogP) is 1.18. The third-order valence-electron chi connectivity index (χ3n) is 3.13. The van der Waals surface area contributed by atoms with Gasteiger partial charge in [-0.05, 0) is 18.6 Å². The highest BCUT2D eigenvalue weighted by atomic mass is 35.5. The van der Waals surface area contributed by atoms with Gasteiger partial charge in [0.25, 0.3) is 5.91 Å². The van der Waals surface area contributed by atoms with Crippen molar-refractivity contribution in [2.45, 2.75) is 25.4 Å². The number of carbonyl (C=O) groups is 1. The van der Waals surface area contributed by atoms with E-state index in [1.165, 1.54) is 6.07 Å². The number of hydrogen-bond acceptors (Lipinski definition) is 4. The normalized spacial score (nSPS) is 22.5. The largest absolute Gasteiger partial charge is 0.386 e. The van der Waals surface area contributed by atoms with Crippen LogP contribution < -0.4 is 5.32 Å². The van der Waals surface area contributed by atoms with Crippen LogP contribution in [0.15, 0.2) is 12.1 Å². The lowest BCUT2D eigenvalue weighted by atomic mass is 10.0. The number of rotatable bonds is 4. The summed E-state index contributed by atoms with van der Waals surface area (Å²) in [4.78, 5) is 16.1. The molecule has 1 aromatic heterocycles. The number of aromatic nitrogens is 1. The lowest BCUT2D eigenvalue weighted by Crippen LogP contribution is -2.43. The first kappa shape index (κ1) is 14.2. The quantitative estimate of drug-likeness (QED) is 0.815. The fourth-order valence-corrected chi connectivity index (χ4v) is 2.17. The van der Waals surface area contributed by atoms with Crippen molar-refractivity contribution in [2.75, 3.05) is 19.8 Å². The van der Waals surface area contributed by atoms with Gasteiger partial charge in [0, 0.05) is 30.8 Å². The summed E-state index contributed by atoms with van der Waals surface area (Å²) < 4.78 is 5.12. The number of amides is 1. The van der Waals surface area contributed by atoms with Crippen LogP contribution in [0.25, 0.3) is 0 Å². The van der Waals surface area contributed by atoms with Crippen molar-refractivity contribution in [2.24, 2.45) is 0 Å². The van der Waals surface area contributed by atoms with Gasteiger partial charge in [-0.25, -0.2) is 4.98 Å². The molecule has 0 radical (unpaired) electrons. The Balaban J connectivity index is 2.01. The predicted molar refractivity (Wildman–Crippen MR) is 71.3 cm³/mol. The Labute approximate surface area is 116 Å². The van der Waals surface area contributed by atoms with Crippen LogP contribution in [-0.2, 0) is 11.2 Å². The fraction of sp³-hybridized carbons (Fsp3) is 0.538. The van der Waals surface area contributed by atoms with Gasteiger partial charge in [-0.3, -0.25) is 4.79 Å². The highest BCUT2D eigenvalue weighted by Crippen LogP contribution is 2.17. The van der Waals surface area contributed by atoms with E-state index in [1.807, 2.05) is 6.92 Å². The minimum absolute atomic E-state index is 0.174. The second kappa shape index (κ2) is 5.86. The molecular formula is C13H17ClN2O3. The summed E-state index contributed by atoms with van der Waals surface area (Å²) in [6.07, 6.45) is 1.24. The molecule has 2 heterocycles. The highest BCUT2D eigenvalue weighted by molar-refractivity contribution is 6.29. The van der Waals surface area contributed by atoms with E-state index in [0.717, 1.165) is 5.69 Å². The zero-order valence-corrected chi connectivity index (χ0v) is 11.5. The summed E-state index contributed by atoms with van der Waals surface area (Å²) in [5, 5.41) is 13.1. The van der Waals surface area contributed by atoms with E-state index in [-0.39, 0.29) is 19.1 Å². The molecule has 1 atom stereocenters. The Hall–Kier alpha value is -1.17. The fourth-order valence-electron chi connectivity index (χ4n) is 1.95. The van der Waals surface area contributed by atoms with Crippen molar-refractivity contribution in [1.29, 1.82) is 0 Å². The lowest BCUT2D eigenvalue weighted by Gasteiger charge is -2.20. The molecule has 1 aliphatic rings. The van der Waals surface area contributed by atoms with Crippen LogP contribution in [0.2, 0.25) is 5.15 Å². The number of aliphatic hydroxyl groups is 1. The molecular weight excluding hydrogens is 268 g/mol. The summed E-state index contributed by atoms with van der Waals surface area (Å²) in [5.74, 6) is -0.265. The smallest absolute Gasteiger partial charge is 0.251 e. The third kappa shape index (κ3) is 3.65. The summed E-state index contributed by atoms with van der Waals surface area (Å²) in [6, 6.07) is 3.22. The SMILES string of the molecule is CCc1cc(C(=O)NCC2(O)CCOC2)cc(Cl)n1. The van der Waals surface area contributed by atoms with Gasteiger partial charge in [0.1, 0.15) is 10.8 Å². The number of carbonyl (C=O) groups excluding carboxylic acids is 1.